The molecule has 1 saturated heterocycles. The molecule has 1 aliphatic rings. The van der Waals surface area contributed by atoms with Gasteiger partial charge < -0.3 is 14.7 Å². The Labute approximate surface area is 111 Å². The quantitative estimate of drug-likeness (QED) is 0.869. The Morgan fingerprint density at radius 1 is 1.32 bits per heavy atom. The van der Waals surface area contributed by atoms with Gasteiger partial charge in [-0.1, -0.05) is 30.3 Å². The fraction of sp³-hybridized carbons (Fsp3) is 0.429. The van der Waals surface area contributed by atoms with Crippen LogP contribution in [0.5, 0.6) is 0 Å². The van der Waals surface area contributed by atoms with Crippen molar-refractivity contribution in [3.05, 3.63) is 35.9 Å². The molecule has 1 unspecified atom stereocenters. The third-order valence-corrected chi connectivity index (χ3v) is 3.06. The van der Waals surface area contributed by atoms with Crippen LogP contribution in [0.3, 0.4) is 0 Å². The highest BCUT2D eigenvalue weighted by Crippen LogP contribution is 2.16. The minimum atomic E-state index is -1.01. The molecule has 1 heterocycles. The maximum atomic E-state index is 12.2. The van der Waals surface area contributed by atoms with E-state index in [1.807, 2.05) is 30.3 Å². The van der Waals surface area contributed by atoms with Gasteiger partial charge in [0.25, 0.3) is 5.91 Å². The van der Waals surface area contributed by atoms with E-state index in [2.05, 4.69) is 0 Å². The van der Waals surface area contributed by atoms with E-state index in [-0.39, 0.29) is 12.5 Å². The fourth-order valence-corrected chi connectivity index (χ4v) is 2.15. The zero-order chi connectivity index (χ0) is 13.7. The molecule has 0 aromatic heterocycles. The molecule has 1 amide bonds. The van der Waals surface area contributed by atoms with E-state index >= 15 is 0 Å². The van der Waals surface area contributed by atoms with Gasteiger partial charge in [0.05, 0.1) is 0 Å². The number of aliphatic carboxylic acids is 1. The number of hydrogen-bond donors (Lipinski definition) is 1. The van der Waals surface area contributed by atoms with Gasteiger partial charge in [-0.15, -0.1) is 0 Å². The molecule has 5 nitrogen and oxygen atoms in total. The van der Waals surface area contributed by atoms with Crippen molar-refractivity contribution in [2.75, 3.05) is 13.2 Å². The van der Waals surface area contributed by atoms with Gasteiger partial charge in [0.15, 0.2) is 0 Å². The molecule has 0 spiro atoms. The number of carboxylic acids is 1. The third-order valence-electron chi connectivity index (χ3n) is 3.06. The Kier molecular flexibility index (Phi) is 4.52. The third kappa shape index (κ3) is 3.79. The van der Waals surface area contributed by atoms with Crippen LogP contribution >= 0.6 is 0 Å². The second kappa shape index (κ2) is 6.33. The van der Waals surface area contributed by atoms with Crippen molar-refractivity contribution in [3.63, 3.8) is 0 Å². The minimum absolute atomic E-state index is 0.233. The predicted octanol–water partition coefficient (Wildman–Crippen LogP) is 1.28. The normalized spacial score (nSPS) is 18.2. The average Bonchev–Trinajstić information content (AvgIpc) is 2.91. The number of rotatable bonds is 5. The Hall–Kier alpha value is -1.88. The molecule has 1 fully saturated rings. The first-order valence-electron chi connectivity index (χ1n) is 6.33. The zero-order valence-corrected chi connectivity index (χ0v) is 10.6. The molecule has 0 saturated carbocycles. The molecule has 1 aliphatic heterocycles. The fourth-order valence-electron chi connectivity index (χ4n) is 2.15. The summed E-state index contributed by atoms with van der Waals surface area (Å²) >= 11 is 0. The molecular formula is C14H17NO4. The summed E-state index contributed by atoms with van der Waals surface area (Å²) in [5.41, 5.74) is 0.912. The molecular weight excluding hydrogens is 246 g/mol. The van der Waals surface area contributed by atoms with E-state index in [0.717, 1.165) is 12.0 Å². The van der Waals surface area contributed by atoms with Gasteiger partial charge >= 0.3 is 5.97 Å². The summed E-state index contributed by atoms with van der Waals surface area (Å²) in [5, 5.41) is 8.92. The summed E-state index contributed by atoms with van der Waals surface area (Å²) in [6.07, 6.45) is 1.04. The van der Waals surface area contributed by atoms with Crippen LogP contribution in [0.1, 0.15) is 18.4 Å². The monoisotopic (exact) mass is 263 g/mol. The summed E-state index contributed by atoms with van der Waals surface area (Å²) in [7, 11) is 0. The first kappa shape index (κ1) is 13.5. The van der Waals surface area contributed by atoms with Gasteiger partial charge in [0.2, 0.25) is 0 Å². The number of ether oxygens (including phenoxy) is 1. The van der Waals surface area contributed by atoms with Crippen molar-refractivity contribution in [3.8, 4) is 0 Å². The molecule has 1 aromatic rings. The second-order valence-electron chi connectivity index (χ2n) is 4.58. The summed E-state index contributed by atoms with van der Waals surface area (Å²) in [5.74, 6) is -1.24. The minimum Gasteiger partial charge on any atom is -0.480 e. The number of carbonyl (C=O) groups excluding carboxylic acids is 1. The van der Waals surface area contributed by atoms with Gasteiger partial charge in [-0.2, -0.15) is 0 Å². The topological polar surface area (TPSA) is 66.8 Å². The van der Waals surface area contributed by atoms with Crippen LogP contribution in [0.15, 0.2) is 30.3 Å². The Bertz CT molecular complexity index is 440. The summed E-state index contributed by atoms with van der Waals surface area (Å²) < 4.78 is 5.33. The van der Waals surface area contributed by atoms with E-state index < -0.39 is 12.1 Å². The van der Waals surface area contributed by atoms with Crippen LogP contribution in [0.25, 0.3) is 0 Å². The second-order valence-corrected chi connectivity index (χ2v) is 4.58. The van der Waals surface area contributed by atoms with E-state index in [9.17, 15) is 9.59 Å². The molecule has 102 valence electrons. The Balaban J connectivity index is 2.06. The standard InChI is InChI=1S/C14H17NO4/c16-13(17)10-15(9-11-5-2-1-3-6-11)14(18)12-7-4-8-19-12/h1-3,5-6,12H,4,7-10H2,(H,16,17). The van der Waals surface area contributed by atoms with Crippen LogP contribution in [-0.4, -0.2) is 41.1 Å². The van der Waals surface area contributed by atoms with Crippen LogP contribution in [0.2, 0.25) is 0 Å². The number of nitrogens with zero attached hydrogens (tertiary/aromatic N) is 1. The lowest BCUT2D eigenvalue weighted by molar-refractivity contribution is -0.149. The molecule has 2 rings (SSSR count). The molecule has 0 radical (unpaired) electrons. The van der Waals surface area contributed by atoms with Crippen molar-refractivity contribution in [2.45, 2.75) is 25.5 Å². The number of benzene rings is 1. The van der Waals surface area contributed by atoms with Gasteiger partial charge in [-0.25, -0.2) is 0 Å². The van der Waals surface area contributed by atoms with Crippen molar-refractivity contribution in [1.82, 2.24) is 4.90 Å². The highest BCUT2D eigenvalue weighted by Gasteiger charge is 2.29. The van der Waals surface area contributed by atoms with Gasteiger partial charge in [-0.05, 0) is 18.4 Å². The van der Waals surface area contributed by atoms with Crippen LogP contribution in [0.4, 0.5) is 0 Å². The van der Waals surface area contributed by atoms with Gasteiger partial charge in [0.1, 0.15) is 12.6 Å². The number of hydrogen-bond acceptors (Lipinski definition) is 3. The smallest absolute Gasteiger partial charge is 0.323 e. The average molecular weight is 263 g/mol. The molecule has 19 heavy (non-hydrogen) atoms. The van der Waals surface area contributed by atoms with E-state index in [1.165, 1.54) is 4.90 Å². The van der Waals surface area contributed by atoms with Crippen molar-refractivity contribution >= 4 is 11.9 Å². The van der Waals surface area contributed by atoms with E-state index in [4.69, 9.17) is 9.84 Å². The summed E-state index contributed by atoms with van der Waals surface area (Å²) in [4.78, 5) is 24.4. The van der Waals surface area contributed by atoms with Crippen molar-refractivity contribution < 1.29 is 19.4 Å². The SMILES string of the molecule is O=C(O)CN(Cc1ccccc1)C(=O)C1CCCO1. The molecule has 1 N–H and O–H groups in total. The highest BCUT2D eigenvalue weighted by atomic mass is 16.5. The number of amides is 1. The largest absolute Gasteiger partial charge is 0.480 e. The van der Waals surface area contributed by atoms with Crippen LogP contribution in [0, 0.1) is 0 Å². The Morgan fingerprint density at radius 2 is 2.05 bits per heavy atom. The Morgan fingerprint density at radius 3 is 2.63 bits per heavy atom. The summed E-state index contributed by atoms with van der Waals surface area (Å²) in [6.45, 7) is 0.572. The first-order valence-corrected chi connectivity index (χ1v) is 6.33. The zero-order valence-electron chi connectivity index (χ0n) is 10.6. The van der Waals surface area contributed by atoms with Crippen molar-refractivity contribution in [1.29, 1.82) is 0 Å². The van der Waals surface area contributed by atoms with Gasteiger partial charge in [-0.3, -0.25) is 9.59 Å². The number of carboxylic acid groups (broad SMARTS) is 1. The van der Waals surface area contributed by atoms with Gasteiger partial charge in [0, 0.05) is 13.2 Å². The summed E-state index contributed by atoms with van der Waals surface area (Å²) in [6, 6.07) is 9.36. The number of carbonyl (C=O) groups is 2. The molecule has 0 bridgehead atoms. The first-order chi connectivity index (χ1) is 9.16. The molecule has 1 atom stereocenters. The highest BCUT2D eigenvalue weighted by molar-refractivity contribution is 5.84. The van der Waals surface area contributed by atoms with Crippen molar-refractivity contribution in [2.24, 2.45) is 0 Å². The predicted molar refractivity (Wildman–Crippen MR) is 68.5 cm³/mol. The van der Waals surface area contributed by atoms with E-state index in [1.54, 1.807) is 0 Å². The lowest BCUT2D eigenvalue weighted by atomic mass is 10.1. The lowest BCUT2D eigenvalue weighted by Gasteiger charge is -2.23. The lowest BCUT2D eigenvalue weighted by Crippen LogP contribution is -2.41. The van der Waals surface area contributed by atoms with E-state index in [0.29, 0.717) is 19.6 Å². The molecule has 5 heteroatoms. The maximum Gasteiger partial charge on any atom is 0.323 e. The van der Waals surface area contributed by atoms with Crippen LogP contribution in [-0.2, 0) is 20.9 Å². The molecule has 1 aromatic carbocycles. The molecule has 0 aliphatic carbocycles. The van der Waals surface area contributed by atoms with Crippen LogP contribution < -0.4 is 0 Å². The maximum absolute atomic E-state index is 12.2.